The van der Waals surface area contributed by atoms with Crippen LogP contribution in [-0.2, 0) is 12.8 Å². The van der Waals surface area contributed by atoms with Crippen LogP contribution in [0.4, 0.5) is 0 Å². The van der Waals surface area contributed by atoms with Gasteiger partial charge < -0.3 is 4.42 Å². The molecule has 2 aromatic carbocycles. The van der Waals surface area contributed by atoms with Crippen LogP contribution in [0.5, 0.6) is 0 Å². The maximum Gasteiger partial charge on any atom is 0.138 e. The first kappa shape index (κ1) is 29.8. The Bertz CT molecular complexity index is 981. The predicted octanol–water partition coefficient (Wildman–Crippen LogP) is 12.5. The summed E-state index contributed by atoms with van der Waals surface area (Å²) in [7, 11) is 0. The van der Waals surface area contributed by atoms with Crippen molar-refractivity contribution in [2.24, 2.45) is 0 Å². The van der Waals surface area contributed by atoms with Crippen molar-refractivity contribution in [1.82, 2.24) is 0 Å². The number of aryl methyl sites for hydroxylation is 2. The monoisotopic (exact) mass is 504 g/mol. The second-order valence-corrected chi connectivity index (χ2v) is 11.5. The SMILES string of the molecule is CCCCCCCCCCCCc1ccc2c(oc3ccccc32)c1CCCCCCCCCCCC. The summed E-state index contributed by atoms with van der Waals surface area (Å²) in [5.74, 6) is 0. The Hall–Kier alpha value is -1.76. The second kappa shape index (κ2) is 18.5. The van der Waals surface area contributed by atoms with Crippen molar-refractivity contribution in [3.05, 3.63) is 47.5 Å². The van der Waals surface area contributed by atoms with Crippen molar-refractivity contribution >= 4 is 21.9 Å². The van der Waals surface area contributed by atoms with E-state index in [0.29, 0.717) is 0 Å². The van der Waals surface area contributed by atoms with E-state index in [9.17, 15) is 0 Å². The number of para-hydroxylation sites is 1. The van der Waals surface area contributed by atoms with Gasteiger partial charge >= 0.3 is 0 Å². The Labute approximate surface area is 228 Å². The highest BCUT2D eigenvalue weighted by atomic mass is 16.3. The van der Waals surface area contributed by atoms with Crippen LogP contribution in [0.2, 0.25) is 0 Å². The molecule has 0 aliphatic rings. The second-order valence-electron chi connectivity index (χ2n) is 11.5. The first-order valence-electron chi connectivity index (χ1n) is 16.3. The molecule has 206 valence electrons. The Balaban J connectivity index is 1.47. The van der Waals surface area contributed by atoms with E-state index in [4.69, 9.17) is 4.42 Å². The van der Waals surface area contributed by atoms with E-state index in [2.05, 4.69) is 50.2 Å². The Morgan fingerprint density at radius 2 is 0.946 bits per heavy atom. The molecule has 1 aromatic heterocycles. The third-order valence-corrected chi connectivity index (χ3v) is 8.33. The number of benzene rings is 2. The highest BCUT2D eigenvalue weighted by Gasteiger charge is 2.14. The normalized spacial score (nSPS) is 11.7. The van der Waals surface area contributed by atoms with Crippen LogP contribution >= 0.6 is 0 Å². The Morgan fingerprint density at radius 1 is 0.459 bits per heavy atom. The molecule has 1 heterocycles. The Morgan fingerprint density at radius 3 is 1.51 bits per heavy atom. The molecular formula is C36H56O. The molecule has 0 fully saturated rings. The van der Waals surface area contributed by atoms with Crippen LogP contribution in [0.3, 0.4) is 0 Å². The van der Waals surface area contributed by atoms with Gasteiger partial charge in [0.05, 0.1) is 0 Å². The highest BCUT2D eigenvalue weighted by molar-refractivity contribution is 6.06. The van der Waals surface area contributed by atoms with Gasteiger partial charge in [-0.05, 0) is 42.9 Å². The molecule has 0 amide bonds. The molecule has 3 rings (SSSR count). The van der Waals surface area contributed by atoms with E-state index in [1.165, 1.54) is 163 Å². The third-order valence-electron chi connectivity index (χ3n) is 8.33. The summed E-state index contributed by atoms with van der Waals surface area (Å²) in [6, 6.07) is 13.3. The van der Waals surface area contributed by atoms with Gasteiger partial charge in [0.2, 0.25) is 0 Å². The lowest BCUT2D eigenvalue weighted by molar-refractivity contribution is 0.552. The third kappa shape index (κ3) is 10.5. The molecule has 0 bridgehead atoms. The van der Waals surface area contributed by atoms with Gasteiger partial charge in [0.15, 0.2) is 0 Å². The summed E-state index contributed by atoms with van der Waals surface area (Å²) < 4.78 is 6.47. The zero-order valence-electron chi connectivity index (χ0n) is 24.4. The molecule has 0 atom stereocenters. The highest BCUT2D eigenvalue weighted by Crippen LogP contribution is 2.34. The summed E-state index contributed by atoms with van der Waals surface area (Å²) in [6.07, 6.45) is 30.3. The molecular weight excluding hydrogens is 448 g/mol. The van der Waals surface area contributed by atoms with Gasteiger partial charge in [0.1, 0.15) is 11.2 Å². The molecule has 1 nitrogen and oxygen atoms in total. The molecule has 1 heteroatoms. The number of hydrogen-bond acceptors (Lipinski definition) is 1. The van der Waals surface area contributed by atoms with E-state index in [1.54, 1.807) is 5.56 Å². The van der Waals surface area contributed by atoms with E-state index in [1.807, 2.05) is 0 Å². The molecule has 37 heavy (non-hydrogen) atoms. The summed E-state index contributed by atoms with van der Waals surface area (Å²) in [6.45, 7) is 4.60. The van der Waals surface area contributed by atoms with Crippen molar-refractivity contribution in [2.45, 2.75) is 155 Å². The predicted molar refractivity (Wildman–Crippen MR) is 165 cm³/mol. The number of rotatable bonds is 22. The van der Waals surface area contributed by atoms with Crippen LogP contribution in [0.1, 0.15) is 153 Å². The first-order chi connectivity index (χ1) is 18.3. The lowest BCUT2D eigenvalue weighted by atomic mass is 9.94. The molecule has 0 radical (unpaired) electrons. The van der Waals surface area contributed by atoms with Gasteiger partial charge in [-0.3, -0.25) is 0 Å². The van der Waals surface area contributed by atoms with Gasteiger partial charge in [-0.1, -0.05) is 160 Å². The summed E-state index contributed by atoms with van der Waals surface area (Å²) in [4.78, 5) is 0. The standard InChI is InChI=1S/C36H56O/c1-3-5-7-9-11-13-15-17-19-21-25-31-29-30-34-33-27-23-24-28-35(33)37-36(34)32(31)26-22-20-18-16-14-12-10-8-6-4-2/h23-24,27-30H,3-22,25-26H2,1-2H3. The van der Waals surface area contributed by atoms with Crippen LogP contribution < -0.4 is 0 Å². The molecule has 0 saturated heterocycles. The zero-order chi connectivity index (χ0) is 26.0. The van der Waals surface area contributed by atoms with Crippen LogP contribution in [0.15, 0.2) is 40.8 Å². The van der Waals surface area contributed by atoms with Crippen LogP contribution in [-0.4, -0.2) is 0 Å². The van der Waals surface area contributed by atoms with E-state index >= 15 is 0 Å². The topological polar surface area (TPSA) is 13.1 Å². The minimum atomic E-state index is 1.04. The molecule has 0 N–H and O–H groups in total. The molecule has 0 unspecified atom stereocenters. The average molecular weight is 505 g/mol. The number of unbranched alkanes of at least 4 members (excludes halogenated alkanes) is 18. The van der Waals surface area contributed by atoms with Gasteiger partial charge in [0, 0.05) is 10.8 Å². The van der Waals surface area contributed by atoms with E-state index < -0.39 is 0 Å². The minimum Gasteiger partial charge on any atom is -0.456 e. The fourth-order valence-corrected chi connectivity index (χ4v) is 5.99. The fraction of sp³-hybridized carbons (Fsp3) is 0.667. The molecule has 3 aromatic rings. The van der Waals surface area contributed by atoms with E-state index in [-0.39, 0.29) is 0 Å². The number of furan rings is 1. The lowest BCUT2D eigenvalue weighted by Crippen LogP contribution is -1.97. The summed E-state index contributed by atoms with van der Waals surface area (Å²) in [5.41, 5.74) is 5.26. The molecule has 0 aliphatic carbocycles. The van der Waals surface area contributed by atoms with Gasteiger partial charge in [-0.2, -0.15) is 0 Å². The molecule has 0 aliphatic heterocycles. The zero-order valence-corrected chi connectivity index (χ0v) is 24.4. The lowest BCUT2D eigenvalue weighted by Gasteiger charge is -2.11. The first-order valence-corrected chi connectivity index (χ1v) is 16.3. The maximum atomic E-state index is 6.47. The van der Waals surface area contributed by atoms with E-state index in [0.717, 1.165) is 5.58 Å². The van der Waals surface area contributed by atoms with Crippen molar-refractivity contribution in [2.75, 3.05) is 0 Å². The van der Waals surface area contributed by atoms with Crippen LogP contribution in [0, 0.1) is 0 Å². The largest absolute Gasteiger partial charge is 0.456 e. The fourth-order valence-electron chi connectivity index (χ4n) is 5.99. The molecule has 0 saturated carbocycles. The summed E-state index contributed by atoms with van der Waals surface area (Å²) in [5, 5.41) is 2.58. The van der Waals surface area contributed by atoms with Gasteiger partial charge in [0.25, 0.3) is 0 Å². The molecule has 0 spiro atoms. The van der Waals surface area contributed by atoms with Crippen molar-refractivity contribution in [1.29, 1.82) is 0 Å². The van der Waals surface area contributed by atoms with Crippen molar-refractivity contribution in [3.63, 3.8) is 0 Å². The summed E-state index contributed by atoms with van der Waals surface area (Å²) >= 11 is 0. The maximum absolute atomic E-state index is 6.47. The smallest absolute Gasteiger partial charge is 0.138 e. The minimum absolute atomic E-state index is 1.04. The van der Waals surface area contributed by atoms with Crippen molar-refractivity contribution in [3.8, 4) is 0 Å². The quantitative estimate of drug-likeness (QED) is 0.124. The Kier molecular flexibility index (Phi) is 14.9. The average Bonchev–Trinajstić information content (AvgIpc) is 3.30. The number of fused-ring (bicyclic) bond motifs is 3. The van der Waals surface area contributed by atoms with Gasteiger partial charge in [-0.15, -0.1) is 0 Å². The van der Waals surface area contributed by atoms with Gasteiger partial charge in [-0.25, -0.2) is 0 Å². The number of hydrogen-bond donors (Lipinski definition) is 0. The van der Waals surface area contributed by atoms with Crippen molar-refractivity contribution < 1.29 is 4.42 Å². The van der Waals surface area contributed by atoms with Crippen LogP contribution in [0.25, 0.3) is 21.9 Å².